The van der Waals surface area contributed by atoms with E-state index in [9.17, 15) is 8.76 Å². The topological polar surface area (TPSA) is 55.8 Å². The Morgan fingerprint density at radius 2 is 1.52 bits per heavy atom. The van der Waals surface area contributed by atoms with Gasteiger partial charge in [0.2, 0.25) is 4.90 Å². The Balaban J connectivity index is 1.93. The molecule has 1 unspecified atom stereocenters. The summed E-state index contributed by atoms with van der Waals surface area (Å²) in [6.07, 6.45) is 2.15. The maximum Gasteiger partial charge on any atom is 0.325 e. The van der Waals surface area contributed by atoms with Crippen molar-refractivity contribution in [2.75, 3.05) is 31.1 Å². The highest BCUT2D eigenvalue weighted by Crippen LogP contribution is 2.32. The van der Waals surface area contributed by atoms with Crippen LogP contribution < -0.4 is 10.2 Å². The minimum Gasteiger partial charge on any atom is -0.338 e. The first-order chi connectivity index (χ1) is 13.1. The minimum absolute atomic E-state index is 0.417. The van der Waals surface area contributed by atoms with E-state index in [-0.39, 0.29) is 0 Å². The molecule has 2 aromatic carbocycles. The molecule has 0 aromatic heterocycles. The third-order valence-corrected chi connectivity index (χ3v) is 7.29. The molecule has 146 valence electrons. The van der Waals surface area contributed by atoms with Gasteiger partial charge < -0.3 is 10.2 Å². The van der Waals surface area contributed by atoms with Gasteiger partial charge in [-0.05, 0) is 68.3 Å². The van der Waals surface area contributed by atoms with Gasteiger partial charge >= 0.3 is 10.4 Å². The molecule has 27 heavy (non-hydrogen) atoms. The number of hydrogen-bond acceptors (Lipinski definition) is 3. The van der Waals surface area contributed by atoms with Gasteiger partial charge in [0.1, 0.15) is 0 Å². The third-order valence-electron chi connectivity index (χ3n) is 5.19. The first kappa shape index (κ1) is 20.0. The Labute approximate surface area is 163 Å². The highest BCUT2D eigenvalue weighted by Gasteiger charge is 2.36. The summed E-state index contributed by atoms with van der Waals surface area (Å²) in [6, 6.07) is 18.4. The molecule has 1 atom stereocenters. The summed E-state index contributed by atoms with van der Waals surface area (Å²) in [4.78, 5) is 2.83. The van der Waals surface area contributed by atoms with Crippen LogP contribution in [-0.2, 0) is 14.6 Å². The number of nitrogens with zero attached hydrogens (tertiary/aromatic N) is 2. The molecule has 2 aromatic rings. The van der Waals surface area contributed by atoms with Crippen LogP contribution in [-0.4, -0.2) is 41.1 Å². The van der Waals surface area contributed by atoms with Gasteiger partial charge in [0, 0.05) is 42.6 Å². The highest BCUT2D eigenvalue weighted by atomic mass is 32.3. The zero-order chi connectivity index (χ0) is 19.3. The first-order valence-corrected chi connectivity index (χ1v) is 11.2. The third kappa shape index (κ3) is 4.41. The molecule has 1 fully saturated rings. The van der Waals surface area contributed by atoms with E-state index in [0.717, 1.165) is 37.3 Å². The van der Waals surface area contributed by atoms with E-state index in [4.69, 9.17) is 0 Å². The maximum absolute atomic E-state index is 12.9. The molecule has 0 aliphatic carbocycles. The molecule has 0 bridgehead atoms. The average molecular weight is 389 g/mol. The van der Waals surface area contributed by atoms with Crippen LogP contribution in [0.3, 0.4) is 0 Å². The Morgan fingerprint density at radius 3 is 2.07 bits per heavy atom. The lowest BCUT2D eigenvalue weighted by Crippen LogP contribution is -2.41. The van der Waals surface area contributed by atoms with Crippen LogP contribution in [0.2, 0.25) is 0 Å². The van der Waals surface area contributed by atoms with E-state index in [1.165, 1.54) is 0 Å². The van der Waals surface area contributed by atoms with Crippen molar-refractivity contribution in [3.63, 3.8) is 0 Å². The molecule has 5 nitrogen and oxygen atoms in total. The van der Waals surface area contributed by atoms with E-state index in [2.05, 4.69) is 34.5 Å². The van der Waals surface area contributed by atoms with Gasteiger partial charge in [0.05, 0.1) is 0 Å². The predicted molar refractivity (Wildman–Crippen MR) is 113 cm³/mol. The number of para-hydroxylation sites is 1. The molecular weight excluding hydrogens is 358 g/mol. The largest absolute Gasteiger partial charge is 0.338 e. The van der Waals surface area contributed by atoms with Gasteiger partial charge in [-0.15, -0.1) is 0 Å². The van der Waals surface area contributed by atoms with Crippen molar-refractivity contribution in [2.24, 2.45) is 0 Å². The first-order valence-electron chi connectivity index (χ1n) is 9.74. The summed E-state index contributed by atoms with van der Waals surface area (Å²) in [5, 5.41) is 3.42. The van der Waals surface area contributed by atoms with Gasteiger partial charge in [-0.1, -0.05) is 22.5 Å². The lowest BCUT2D eigenvalue weighted by atomic mass is 10.0. The van der Waals surface area contributed by atoms with Crippen molar-refractivity contribution >= 4 is 21.8 Å². The molecule has 3 rings (SSSR count). The molecule has 1 saturated heterocycles. The molecule has 1 aliphatic rings. The molecule has 0 spiro atoms. The second kappa shape index (κ2) is 8.97. The fourth-order valence-electron chi connectivity index (χ4n) is 3.73. The zero-order valence-electron chi connectivity index (χ0n) is 16.2. The summed E-state index contributed by atoms with van der Waals surface area (Å²) in [5.74, 6) is 0. The molecule has 1 aliphatic heterocycles. The summed E-state index contributed by atoms with van der Waals surface area (Å²) in [6.45, 7) is 6.92. The smallest absolute Gasteiger partial charge is 0.325 e. The van der Waals surface area contributed by atoms with Crippen molar-refractivity contribution in [2.45, 2.75) is 37.6 Å². The van der Waals surface area contributed by atoms with Gasteiger partial charge in [-0.3, -0.25) is 0 Å². The monoisotopic (exact) mass is 388 g/mol. The molecule has 0 amide bonds. The lowest BCUT2D eigenvalue weighted by molar-refractivity contribution is 0.386. The summed E-state index contributed by atoms with van der Waals surface area (Å²) >= 11 is 0. The molecule has 0 radical (unpaired) electrons. The Kier molecular flexibility index (Phi) is 6.65. The van der Waals surface area contributed by atoms with Crippen LogP contribution in [0.4, 0.5) is 11.4 Å². The summed E-state index contributed by atoms with van der Waals surface area (Å²) in [7, 11) is -3.18. The lowest BCUT2D eigenvalue weighted by Gasteiger charge is -2.36. The van der Waals surface area contributed by atoms with E-state index in [1.807, 2.05) is 32.0 Å². The Morgan fingerprint density at radius 1 is 0.963 bits per heavy atom. The molecule has 0 saturated carbocycles. The van der Waals surface area contributed by atoms with Gasteiger partial charge in [-0.2, -0.15) is 4.55 Å². The van der Waals surface area contributed by atoms with Crippen LogP contribution in [0.1, 0.15) is 26.7 Å². The maximum atomic E-state index is 12.9. The number of rotatable bonds is 7. The van der Waals surface area contributed by atoms with Crippen LogP contribution in [0, 0.1) is 0 Å². The highest BCUT2D eigenvalue weighted by molar-refractivity contribution is 7.95. The average Bonchev–Trinajstić information content (AvgIpc) is 2.71. The predicted octanol–water partition coefficient (Wildman–Crippen LogP) is 4.16. The second-order valence-electron chi connectivity index (χ2n) is 6.79. The van der Waals surface area contributed by atoms with E-state index in [0.29, 0.717) is 24.0 Å². The van der Waals surface area contributed by atoms with Crippen LogP contribution in [0.15, 0.2) is 59.5 Å². The number of piperidine rings is 1. The molecular formula is C21H30N3O2S+. The minimum atomic E-state index is -3.18. The SMILES string of the molecule is CCN(CC)[S+](=O)(O)c1ccc(N(c2ccccc2)C2CCNCC2)cc1. The van der Waals surface area contributed by atoms with Gasteiger partial charge in [0.25, 0.3) is 0 Å². The number of hydrogen-bond donors (Lipinski definition) is 2. The standard InChI is InChI=1S/C21H29N3O2S/c1-3-23(4-2)27(25,26)21-12-10-19(11-13-21)24(18-8-6-5-7-9-18)20-14-16-22-17-15-20/h5-13,20,22H,3-4,14-17H2,1-2H3/p+1. The summed E-state index contributed by atoms with van der Waals surface area (Å²) < 4.78 is 25.0. The van der Waals surface area contributed by atoms with Crippen LogP contribution in [0.5, 0.6) is 0 Å². The van der Waals surface area contributed by atoms with Gasteiger partial charge in [-0.25, -0.2) is 0 Å². The van der Waals surface area contributed by atoms with Gasteiger partial charge in [0.15, 0.2) is 0 Å². The number of benzene rings is 2. The van der Waals surface area contributed by atoms with Crippen LogP contribution >= 0.6 is 0 Å². The van der Waals surface area contributed by atoms with E-state index >= 15 is 0 Å². The van der Waals surface area contributed by atoms with E-state index < -0.39 is 10.4 Å². The van der Waals surface area contributed by atoms with E-state index in [1.54, 1.807) is 16.4 Å². The van der Waals surface area contributed by atoms with Crippen LogP contribution in [0.25, 0.3) is 0 Å². The van der Waals surface area contributed by atoms with Crippen molar-refractivity contribution in [1.82, 2.24) is 9.62 Å². The normalized spacial score (nSPS) is 17.6. The fraction of sp³-hybridized carbons (Fsp3) is 0.429. The molecule has 6 heteroatoms. The molecule has 1 heterocycles. The zero-order valence-corrected chi connectivity index (χ0v) is 17.0. The Bertz CT molecular complexity index is 757. The van der Waals surface area contributed by atoms with Crippen molar-refractivity contribution in [1.29, 1.82) is 0 Å². The second-order valence-corrected chi connectivity index (χ2v) is 8.77. The van der Waals surface area contributed by atoms with Crippen molar-refractivity contribution < 1.29 is 8.76 Å². The fourth-order valence-corrected chi connectivity index (χ4v) is 5.22. The van der Waals surface area contributed by atoms with Crippen molar-refractivity contribution in [3.8, 4) is 0 Å². The quantitative estimate of drug-likeness (QED) is 0.699. The van der Waals surface area contributed by atoms with Crippen molar-refractivity contribution in [3.05, 3.63) is 54.6 Å². The summed E-state index contributed by atoms with van der Waals surface area (Å²) in [5.41, 5.74) is 2.22. The Hall–Kier alpha value is -1.73. The number of anilines is 2. The number of nitrogens with one attached hydrogen (secondary N) is 1. The molecule has 2 N–H and O–H groups in total.